The maximum absolute atomic E-state index is 11.7. The van der Waals surface area contributed by atoms with E-state index in [1.54, 1.807) is 0 Å². The number of carbonyl (C=O) groups excluding carboxylic acids is 1. The maximum Gasteiger partial charge on any atom is 0.222 e. The Balaban J connectivity index is 1.02. The Morgan fingerprint density at radius 3 is 2.41 bits per heavy atom. The second-order valence-corrected chi connectivity index (χ2v) is 10.7. The van der Waals surface area contributed by atoms with E-state index in [1.807, 2.05) is 12.0 Å². The van der Waals surface area contributed by atoms with Gasteiger partial charge in [-0.1, -0.05) is 0 Å². The minimum Gasteiger partial charge on any atom is -0.381 e. The third kappa shape index (κ3) is 7.13. The number of rotatable bonds is 10. The minimum absolute atomic E-state index is 0.273. The van der Waals surface area contributed by atoms with Crippen molar-refractivity contribution < 1.29 is 9.53 Å². The van der Waals surface area contributed by atoms with Crippen molar-refractivity contribution in [1.82, 2.24) is 26.2 Å². The predicted molar refractivity (Wildman–Crippen MR) is 128 cm³/mol. The molecule has 1 amide bonds. The number of methoxy groups -OCH3 is 1. The van der Waals surface area contributed by atoms with Crippen molar-refractivity contribution in [1.29, 1.82) is 0 Å². The summed E-state index contributed by atoms with van der Waals surface area (Å²) in [6.45, 7) is 6.33. The van der Waals surface area contributed by atoms with Gasteiger partial charge in [0.15, 0.2) is 0 Å². The van der Waals surface area contributed by atoms with Gasteiger partial charge in [0.05, 0.1) is 6.10 Å². The monoisotopic (exact) mass is 449 g/mol. The molecule has 0 spiro atoms. The fourth-order valence-corrected chi connectivity index (χ4v) is 6.34. The summed E-state index contributed by atoms with van der Waals surface area (Å²) in [5.41, 5.74) is 0. The van der Waals surface area contributed by atoms with Gasteiger partial charge < -0.3 is 15.0 Å². The summed E-state index contributed by atoms with van der Waals surface area (Å²) >= 11 is 0. The van der Waals surface area contributed by atoms with Gasteiger partial charge in [0, 0.05) is 45.8 Å². The molecule has 0 bridgehead atoms. The van der Waals surface area contributed by atoms with E-state index in [1.165, 1.54) is 51.4 Å². The summed E-state index contributed by atoms with van der Waals surface area (Å²) in [6, 6.07) is 0.631. The van der Waals surface area contributed by atoms with Crippen LogP contribution >= 0.6 is 0 Å². The highest BCUT2D eigenvalue weighted by Crippen LogP contribution is 2.32. The average Bonchev–Trinajstić information content (AvgIpc) is 3.25. The lowest BCUT2D eigenvalue weighted by Gasteiger charge is -2.40. The van der Waals surface area contributed by atoms with E-state index < -0.39 is 0 Å². The summed E-state index contributed by atoms with van der Waals surface area (Å²) in [7, 11) is 1.86. The van der Waals surface area contributed by atoms with Crippen LogP contribution in [-0.2, 0) is 9.53 Å². The molecule has 0 atom stereocenters. The quantitative estimate of drug-likeness (QED) is 0.383. The lowest BCUT2D eigenvalue weighted by Crippen LogP contribution is -2.63. The molecule has 0 unspecified atom stereocenters. The number of hydrogen-bond acceptors (Lipinski definition) is 6. The highest BCUT2D eigenvalue weighted by molar-refractivity contribution is 5.77. The average molecular weight is 450 g/mol. The minimum atomic E-state index is 0.273. The van der Waals surface area contributed by atoms with E-state index in [0.717, 1.165) is 76.3 Å². The van der Waals surface area contributed by atoms with Crippen molar-refractivity contribution in [3.8, 4) is 0 Å². The molecule has 4 rings (SSSR count). The Hall–Kier alpha value is -0.730. The van der Waals surface area contributed by atoms with Crippen LogP contribution in [-0.4, -0.2) is 75.6 Å². The molecule has 0 aromatic carbocycles. The first-order valence-corrected chi connectivity index (χ1v) is 13.5. The number of hydrogen-bond donors (Lipinski definition) is 4. The van der Waals surface area contributed by atoms with E-state index in [-0.39, 0.29) is 6.29 Å². The van der Waals surface area contributed by atoms with Crippen LogP contribution in [0.5, 0.6) is 0 Å². The first-order valence-electron chi connectivity index (χ1n) is 13.5. The lowest BCUT2D eigenvalue weighted by molar-refractivity contribution is -0.127. The van der Waals surface area contributed by atoms with Crippen molar-refractivity contribution in [3.05, 3.63) is 0 Å². The molecule has 7 heteroatoms. The summed E-state index contributed by atoms with van der Waals surface area (Å²) in [4.78, 5) is 13.7. The molecule has 0 aromatic rings. The van der Waals surface area contributed by atoms with Crippen molar-refractivity contribution in [2.24, 2.45) is 17.8 Å². The van der Waals surface area contributed by atoms with Crippen LogP contribution in [0.2, 0.25) is 0 Å². The molecule has 4 N–H and O–H groups in total. The van der Waals surface area contributed by atoms with Crippen LogP contribution < -0.4 is 21.3 Å². The fourth-order valence-electron chi connectivity index (χ4n) is 6.34. The first kappa shape index (κ1) is 24.4. The second kappa shape index (κ2) is 12.7. The van der Waals surface area contributed by atoms with Gasteiger partial charge in [0.2, 0.25) is 5.91 Å². The smallest absolute Gasteiger partial charge is 0.222 e. The molecular formula is C25H47N5O2. The lowest BCUT2D eigenvalue weighted by atomic mass is 9.78. The third-order valence-electron chi connectivity index (χ3n) is 8.52. The van der Waals surface area contributed by atoms with Crippen LogP contribution in [0.15, 0.2) is 0 Å². The van der Waals surface area contributed by atoms with Crippen molar-refractivity contribution in [2.45, 2.75) is 89.1 Å². The Bertz CT molecular complexity index is 553. The van der Waals surface area contributed by atoms with Gasteiger partial charge >= 0.3 is 0 Å². The van der Waals surface area contributed by atoms with E-state index in [0.29, 0.717) is 18.1 Å². The van der Waals surface area contributed by atoms with E-state index >= 15 is 0 Å². The summed E-state index contributed by atoms with van der Waals surface area (Å²) in [5, 5.41) is 14.9. The molecular weight excluding hydrogens is 402 g/mol. The highest BCUT2D eigenvalue weighted by Gasteiger charge is 2.31. The van der Waals surface area contributed by atoms with Crippen LogP contribution in [0.1, 0.15) is 70.6 Å². The number of carbonyl (C=O) groups is 1. The van der Waals surface area contributed by atoms with E-state index in [9.17, 15) is 4.79 Å². The molecule has 4 fully saturated rings. The Kier molecular flexibility index (Phi) is 9.65. The van der Waals surface area contributed by atoms with Crippen molar-refractivity contribution in [3.63, 3.8) is 0 Å². The molecule has 184 valence electrons. The van der Waals surface area contributed by atoms with Gasteiger partial charge in [0.1, 0.15) is 6.29 Å². The Morgan fingerprint density at radius 2 is 1.75 bits per heavy atom. The molecule has 0 aromatic heterocycles. The summed E-state index contributed by atoms with van der Waals surface area (Å²) in [6.07, 6.45) is 13.9. The number of nitrogens with one attached hydrogen (secondary N) is 4. The highest BCUT2D eigenvalue weighted by atomic mass is 16.5. The van der Waals surface area contributed by atoms with Gasteiger partial charge in [-0.3, -0.25) is 20.7 Å². The summed E-state index contributed by atoms with van der Waals surface area (Å²) in [5.74, 6) is 2.76. The van der Waals surface area contributed by atoms with Gasteiger partial charge in [-0.05, 0) is 95.1 Å². The number of amides is 1. The molecule has 4 aliphatic rings. The van der Waals surface area contributed by atoms with Gasteiger partial charge in [-0.25, -0.2) is 0 Å². The van der Waals surface area contributed by atoms with Crippen molar-refractivity contribution in [2.75, 3.05) is 46.4 Å². The zero-order valence-corrected chi connectivity index (χ0v) is 20.2. The zero-order chi connectivity index (χ0) is 22.2. The molecule has 2 aliphatic carbocycles. The van der Waals surface area contributed by atoms with Crippen LogP contribution in [0.3, 0.4) is 0 Å². The standard InChI is InChI=1S/C25H47N5O2/c1-32-23-11-7-20(8-12-23)21-17-27-25(28-18-21)29-22-9-5-19(6-10-22)16-26-13-3-15-30-14-2-4-24(30)31/h19-23,25-29H,2-18H2,1H3. The summed E-state index contributed by atoms with van der Waals surface area (Å²) < 4.78 is 5.53. The largest absolute Gasteiger partial charge is 0.381 e. The number of likely N-dealkylation sites (tertiary alicyclic amines) is 1. The molecule has 32 heavy (non-hydrogen) atoms. The molecule has 0 radical (unpaired) electrons. The maximum atomic E-state index is 11.7. The van der Waals surface area contributed by atoms with Crippen molar-refractivity contribution >= 4 is 5.91 Å². The van der Waals surface area contributed by atoms with Crippen LogP contribution in [0.4, 0.5) is 0 Å². The zero-order valence-electron chi connectivity index (χ0n) is 20.2. The molecule has 2 saturated carbocycles. The second-order valence-electron chi connectivity index (χ2n) is 10.7. The van der Waals surface area contributed by atoms with Gasteiger partial charge in [-0.2, -0.15) is 0 Å². The van der Waals surface area contributed by atoms with E-state index in [2.05, 4.69) is 21.3 Å². The normalized spacial score (nSPS) is 36.5. The van der Waals surface area contributed by atoms with Crippen LogP contribution in [0.25, 0.3) is 0 Å². The number of ether oxygens (including phenoxy) is 1. The Morgan fingerprint density at radius 1 is 1.00 bits per heavy atom. The Labute approximate surface area is 195 Å². The number of nitrogens with zero attached hydrogens (tertiary/aromatic N) is 1. The fraction of sp³-hybridized carbons (Fsp3) is 0.960. The first-order chi connectivity index (χ1) is 15.7. The molecule has 2 aliphatic heterocycles. The molecule has 7 nitrogen and oxygen atoms in total. The third-order valence-corrected chi connectivity index (χ3v) is 8.52. The van der Waals surface area contributed by atoms with E-state index in [4.69, 9.17) is 4.74 Å². The topological polar surface area (TPSA) is 77.7 Å². The molecule has 2 heterocycles. The SMILES string of the molecule is COC1CCC(C2CNC(NC3CCC(CNCCCN4CCCC4=O)CC3)NC2)CC1. The predicted octanol–water partition coefficient (Wildman–Crippen LogP) is 2.03. The molecule has 2 saturated heterocycles. The van der Waals surface area contributed by atoms with Crippen LogP contribution in [0, 0.1) is 17.8 Å². The van der Waals surface area contributed by atoms with Gasteiger partial charge in [0.25, 0.3) is 0 Å². The van der Waals surface area contributed by atoms with Gasteiger partial charge in [-0.15, -0.1) is 0 Å².